The fourth-order valence-corrected chi connectivity index (χ4v) is 1.87. The van der Waals surface area contributed by atoms with Crippen LogP contribution in [0.15, 0.2) is 18.2 Å². The third-order valence-corrected chi connectivity index (χ3v) is 3.33. The molecule has 0 saturated heterocycles. The van der Waals surface area contributed by atoms with Gasteiger partial charge in [0.25, 0.3) is 0 Å². The molecule has 6 nitrogen and oxygen atoms in total. The lowest BCUT2D eigenvalue weighted by atomic mass is 9.95. The lowest BCUT2D eigenvalue weighted by Gasteiger charge is -2.21. The summed E-state index contributed by atoms with van der Waals surface area (Å²) in [4.78, 5) is 23.9. The zero-order valence-corrected chi connectivity index (χ0v) is 13.4. The molecule has 2 amide bonds. The Morgan fingerprint density at radius 1 is 1.23 bits per heavy atom. The number of carbonyl (C=O) groups excluding carboxylic acids is 2. The molecule has 0 spiro atoms. The monoisotopic (exact) mass is 306 g/mol. The van der Waals surface area contributed by atoms with Gasteiger partial charge in [-0.05, 0) is 24.6 Å². The molecule has 0 aromatic heterocycles. The fraction of sp³-hybridized carbons (Fsp3) is 0.500. The molecule has 1 aromatic carbocycles. The molecule has 1 heterocycles. The van der Waals surface area contributed by atoms with Crippen molar-refractivity contribution in [3.05, 3.63) is 23.8 Å². The first-order valence-electron chi connectivity index (χ1n) is 7.24. The molecule has 1 aromatic rings. The molecule has 0 aliphatic carbocycles. The summed E-state index contributed by atoms with van der Waals surface area (Å²) >= 11 is 0. The lowest BCUT2D eigenvalue weighted by Crippen LogP contribution is -2.48. The Kier molecular flexibility index (Phi) is 4.59. The molecule has 22 heavy (non-hydrogen) atoms. The van der Waals surface area contributed by atoms with Gasteiger partial charge >= 0.3 is 0 Å². The van der Waals surface area contributed by atoms with E-state index in [0.29, 0.717) is 18.0 Å². The maximum absolute atomic E-state index is 12.0. The van der Waals surface area contributed by atoms with Gasteiger partial charge < -0.3 is 20.1 Å². The fourth-order valence-electron chi connectivity index (χ4n) is 1.87. The molecule has 0 fully saturated rings. The second-order valence-corrected chi connectivity index (χ2v) is 6.35. The summed E-state index contributed by atoms with van der Waals surface area (Å²) in [5, 5.41) is 5.50. The van der Waals surface area contributed by atoms with Gasteiger partial charge in [0, 0.05) is 12.0 Å². The minimum atomic E-state index is -0.583. The Balaban J connectivity index is 1.86. The number of amides is 2. The van der Waals surface area contributed by atoms with Crippen LogP contribution >= 0.6 is 0 Å². The summed E-state index contributed by atoms with van der Waals surface area (Å²) in [7, 11) is 0. The van der Waals surface area contributed by atoms with E-state index in [2.05, 4.69) is 10.6 Å². The van der Waals surface area contributed by atoms with Crippen molar-refractivity contribution in [2.24, 2.45) is 5.41 Å². The van der Waals surface area contributed by atoms with Crippen molar-refractivity contribution in [1.29, 1.82) is 0 Å². The Hall–Kier alpha value is -2.24. The van der Waals surface area contributed by atoms with E-state index in [1.807, 2.05) is 18.2 Å². The average molecular weight is 306 g/mol. The van der Waals surface area contributed by atoms with Gasteiger partial charge in [0.05, 0.1) is 0 Å². The highest BCUT2D eigenvalue weighted by molar-refractivity contribution is 5.89. The number of carbonyl (C=O) groups is 2. The quantitative estimate of drug-likeness (QED) is 0.885. The predicted octanol–water partition coefficient (Wildman–Crippen LogP) is 1.58. The first-order valence-corrected chi connectivity index (χ1v) is 7.24. The number of hydrogen-bond acceptors (Lipinski definition) is 4. The van der Waals surface area contributed by atoms with Gasteiger partial charge in [-0.15, -0.1) is 0 Å². The largest absolute Gasteiger partial charge is 0.454 e. The topological polar surface area (TPSA) is 76.7 Å². The van der Waals surface area contributed by atoms with Crippen LogP contribution in [0, 0.1) is 5.41 Å². The second-order valence-electron chi connectivity index (χ2n) is 6.35. The summed E-state index contributed by atoms with van der Waals surface area (Å²) in [6.07, 6.45) is 0. The molecule has 6 heteroatoms. The molecule has 0 bridgehead atoms. The summed E-state index contributed by atoms with van der Waals surface area (Å²) < 4.78 is 10.5. The van der Waals surface area contributed by atoms with Crippen LogP contribution in [0.1, 0.15) is 33.3 Å². The van der Waals surface area contributed by atoms with Crippen LogP contribution in [0.2, 0.25) is 0 Å². The zero-order chi connectivity index (χ0) is 16.3. The standard InChI is InChI=1S/C16H22N2O4/c1-10(18-15(20)16(2,3)4)14(19)17-8-11-5-6-12-13(7-11)22-9-21-12/h5-7,10H,8-9H2,1-4H3,(H,17,19)(H,18,20). The lowest BCUT2D eigenvalue weighted by molar-refractivity contribution is -0.133. The molecule has 1 aliphatic heterocycles. The Morgan fingerprint density at radius 3 is 2.59 bits per heavy atom. The SMILES string of the molecule is CC(NC(=O)C(C)(C)C)C(=O)NCc1ccc2c(c1)OCO2. The van der Waals surface area contributed by atoms with Crippen molar-refractivity contribution in [1.82, 2.24) is 10.6 Å². The molecule has 0 saturated carbocycles. The van der Waals surface area contributed by atoms with E-state index in [9.17, 15) is 9.59 Å². The third kappa shape index (κ3) is 3.90. The maximum atomic E-state index is 12.0. The summed E-state index contributed by atoms with van der Waals surface area (Å²) in [6.45, 7) is 7.67. The molecule has 2 rings (SSSR count). The maximum Gasteiger partial charge on any atom is 0.242 e. The normalized spacial score (nSPS) is 14.4. The number of ether oxygens (including phenoxy) is 2. The number of hydrogen-bond donors (Lipinski definition) is 2. The number of nitrogens with one attached hydrogen (secondary N) is 2. The van der Waals surface area contributed by atoms with E-state index >= 15 is 0 Å². The second kappa shape index (κ2) is 6.25. The highest BCUT2D eigenvalue weighted by Crippen LogP contribution is 2.32. The number of fused-ring (bicyclic) bond motifs is 1. The van der Waals surface area contributed by atoms with E-state index in [1.165, 1.54) is 0 Å². The molecule has 0 radical (unpaired) electrons. The van der Waals surface area contributed by atoms with Crippen molar-refractivity contribution in [3.8, 4) is 11.5 Å². The van der Waals surface area contributed by atoms with Gasteiger partial charge in [0.1, 0.15) is 6.04 Å². The van der Waals surface area contributed by atoms with Crippen molar-refractivity contribution < 1.29 is 19.1 Å². The molecule has 120 valence electrons. The molecular formula is C16H22N2O4. The van der Waals surface area contributed by atoms with Crippen molar-refractivity contribution in [2.75, 3.05) is 6.79 Å². The van der Waals surface area contributed by atoms with E-state index < -0.39 is 11.5 Å². The van der Waals surface area contributed by atoms with E-state index in [4.69, 9.17) is 9.47 Å². The summed E-state index contributed by atoms with van der Waals surface area (Å²) in [6, 6.07) is 4.93. The summed E-state index contributed by atoms with van der Waals surface area (Å²) in [5.41, 5.74) is 0.387. The van der Waals surface area contributed by atoms with Crippen molar-refractivity contribution in [3.63, 3.8) is 0 Å². The van der Waals surface area contributed by atoms with Gasteiger partial charge in [-0.2, -0.15) is 0 Å². The highest BCUT2D eigenvalue weighted by Gasteiger charge is 2.25. The molecule has 1 unspecified atom stereocenters. The van der Waals surface area contributed by atoms with Crippen molar-refractivity contribution in [2.45, 2.75) is 40.3 Å². The van der Waals surface area contributed by atoms with Gasteiger partial charge in [-0.25, -0.2) is 0 Å². The zero-order valence-electron chi connectivity index (χ0n) is 13.4. The van der Waals surface area contributed by atoms with Crippen LogP contribution in [0.25, 0.3) is 0 Å². The minimum absolute atomic E-state index is 0.154. The summed E-state index contributed by atoms with van der Waals surface area (Å²) in [5.74, 6) is 1.01. The minimum Gasteiger partial charge on any atom is -0.454 e. The smallest absolute Gasteiger partial charge is 0.242 e. The van der Waals surface area contributed by atoms with E-state index in [-0.39, 0.29) is 18.6 Å². The van der Waals surface area contributed by atoms with Crippen LogP contribution < -0.4 is 20.1 Å². The average Bonchev–Trinajstić information content (AvgIpc) is 2.90. The first-order chi connectivity index (χ1) is 10.3. The highest BCUT2D eigenvalue weighted by atomic mass is 16.7. The van der Waals surface area contributed by atoms with Crippen LogP contribution in [-0.4, -0.2) is 24.6 Å². The molecule has 1 atom stereocenters. The molecule has 2 N–H and O–H groups in total. The van der Waals surface area contributed by atoms with Crippen LogP contribution in [0.3, 0.4) is 0 Å². The van der Waals surface area contributed by atoms with Gasteiger partial charge in [-0.3, -0.25) is 9.59 Å². The Labute approximate surface area is 130 Å². The van der Waals surface area contributed by atoms with Crippen molar-refractivity contribution >= 4 is 11.8 Å². The predicted molar refractivity (Wildman–Crippen MR) is 81.5 cm³/mol. The van der Waals surface area contributed by atoms with Gasteiger partial charge in [0.15, 0.2) is 11.5 Å². The molecular weight excluding hydrogens is 284 g/mol. The van der Waals surface area contributed by atoms with Crippen LogP contribution in [-0.2, 0) is 16.1 Å². The van der Waals surface area contributed by atoms with Crippen LogP contribution in [0.5, 0.6) is 11.5 Å². The Bertz CT molecular complexity index is 578. The molecule has 1 aliphatic rings. The number of benzene rings is 1. The Morgan fingerprint density at radius 2 is 1.91 bits per heavy atom. The third-order valence-electron chi connectivity index (χ3n) is 3.33. The van der Waals surface area contributed by atoms with E-state index in [1.54, 1.807) is 27.7 Å². The van der Waals surface area contributed by atoms with Crippen LogP contribution in [0.4, 0.5) is 0 Å². The van der Waals surface area contributed by atoms with E-state index in [0.717, 1.165) is 5.56 Å². The first kappa shape index (κ1) is 16.1. The van der Waals surface area contributed by atoms with Gasteiger partial charge in [-0.1, -0.05) is 26.8 Å². The number of rotatable bonds is 4. The van der Waals surface area contributed by atoms with Gasteiger partial charge in [0.2, 0.25) is 18.6 Å².